The molecule has 15 heteroatoms. The van der Waals surface area contributed by atoms with Crippen LogP contribution in [0, 0.1) is 11.6 Å². The van der Waals surface area contributed by atoms with E-state index in [9.17, 15) is 22.4 Å². The first kappa shape index (κ1) is 33.9. The minimum atomic E-state index is -4.05. The molecule has 0 unspecified atom stereocenters. The van der Waals surface area contributed by atoms with Crippen molar-refractivity contribution in [3.63, 3.8) is 0 Å². The van der Waals surface area contributed by atoms with Gasteiger partial charge in [-0.1, -0.05) is 49.3 Å². The highest BCUT2D eigenvalue weighted by molar-refractivity contribution is 7.98. The molecule has 3 aromatic carbocycles. The summed E-state index contributed by atoms with van der Waals surface area (Å²) in [6.45, 7) is 3.65. The average Bonchev–Trinajstić information content (AvgIpc) is 3.40. The predicted molar refractivity (Wildman–Crippen MR) is 166 cm³/mol. The van der Waals surface area contributed by atoms with Gasteiger partial charge in [-0.05, 0) is 47.5 Å². The number of methoxy groups -OCH3 is 1. The molecule has 4 rings (SSSR count). The fraction of sp³-hybridized carbons (Fsp3) is 0.233. The van der Waals surface area contributed by atoms with Crippen LogP contribution in [-0.2, 0) is 26.0 Å². The smallest absolute Gasteiger partial charge is 0.305 e. The second-order valence-corrected chi connectivity index (χ2v) is 13.3. The zero-order valence-electron chi connectivity index (χ0n) is 24.3. The van der Waals surface area contributed by atoms with E-state index in [1.54, 1.807) is 22.9 Å². The number of aromatic nitrogens is 2. The van der Waals surface area contributed by atoms with Gasteiger partial charge < -0.3 is 15.2 Å². The number of carbonyl (C=O) groups is 2. The Bertz CT molecular complexity index is 1880. The summed E-state index contributed by atoms with van der Waals surface area (Å²) in [5, 5.41) is 16.8. The van der Waals surface area contributed by atoms with Gasteiger partial charge in [0.05, 0.1) is 36.1 Å². The van der Waals surface area contributed by atoms with Crippen LogP contribution in [0.2, 0.25) is 5.02 Å². The lowest BCUT2D eigenvalue weighted by atomic mass is 9.81. The number of hydrogen-bond acceptors (Lipinski definition) is 7. The SMILES string of the molecule is COc1cc(-n2c(C(C)(C)c3ccc(S(N)(=O)=O)c(Cl)c3)cnc2SCc2ccc(C(=O)NCCC(=O)O)cc2F)ccc1F. The number of aliphatic carboxylic acids is 1. The zero-order valence-corrected chi connectivity index (χ0v) is 26.7. The number of rotatable bonds is 12. The van der Waals surface area contributed by atoms with Gasteiger partial charge in [-0.3, -0.25) is 14.2 Å². The lowest BCUT2D eigenvalue weighted by Crippen LogP contribution is -2.26. The van der Waals surface area contributed by atoms with Crippen molar-refractivity contribution in [1.29, 1.82) is 0 Å². The molecule has 0 aliphatic heterocycles. The third-order valence-electron chi connectivity index (χ3n) is 7.02. The average molecular weight is 679 g/mol. The summed E-state index contributed by atoms with van der Waals surface area (Å²) in [7, 11) is -2.71. The molecule has 0 radical (unpaired) electrons. The van der Waals surface area contributed by atoms with Crippen molar-refractivity contribution in [3.8, 4) is 11.4 Å². The van der Waals surface area contributed by atoms with Gasteiger partial charge in [-0.25, -0.2) is 27.3 Å². The molecule has 0 atom stereocenters. The lowest BCUT2D eigenvalue weighted by molar-refractivity contribution is -0.136. The molecule has 238 valence electrons. The van der Waals surface area contributed by atoms with Crippen LogP contribution in [0.25, 0.3) is 5.69 Å². The number of nitrogens with two attached hydrogens (primary N) is 1. The molecule has 10 nitrogen and oxygen atoms in total. The van der Waals surface area contributed by atoms with E-state index in [1.165, 1.54) is 55.3 Å². The molecule has 1 aromatic heterocycles. The summed E-state index contributed by atoms with van der Waals surface area (Å²) >= 11 is 7.49. The Balaban J connectivity index is 1.70. The molecular weight excluding hydrogens is 650 g/mol. The maximum absolute atomic E-state index is 15.1. The second kappa shape index (κ2) is 13.6. The highest BCUT2D eigenvalue weighted by atomic mass is 35.5. The van der Waals surface area contributed by atoms with Gasteiger partial charge in [-0.2, -0.15) is 0 Å². The third kappa shape index (κ3) is 7.64. The molecule has 0 saturated heterocycles. The summed E-state index contributed by atoms with van der Waals surface area (Å²) in [6.07, 6.45) is 1.35. The van der Waals surface area contributed by atoms with Crippen LogP contribution in [0.1, 0.15) is 47.4 Å². The Kier molecular flexibility index (Phi) is 10.2. The van der Waals surface area contributed by atoms with Gasteiger partial charge >= 0.3 is 5.97 Å². The van der Waals surface area contributed by atoms with E-state index in [4.69, 9.17) is 26.6 Å². The molecule has 1 heterocycles. The fourth-order valence-electron chi connectivity index (χ4n) is 4.52. The number of benzene rings is 3. The van der Waals surface area contributed by atoms with E-state index in [1.807, 2.05) is 13.8 Å². The number of imidazole rings is 1. The molecule has 0 fully saturated rings. The maximum Gasteiger partial charge on any atom is 0.305 e. The molecule has 4 N–H and O–H groups in total. The summed E-state index contributed by atoms with van der Waals surface area (Å²) in [5.74, 6) is -2.78. The largest absolute Gasteiger partial charge is 0.494 e. The summed E-state index contributed by atoms with van der Waals surface area (Å²) in [5.41, 5.74) is 1.23. The van der Waals surface area contributed by atoms with E-state index >= 15 is 4.39 Å². The molecule has 0 aliphatic carbocycles. The summed E-state index contributed by atoms with van der Waals surface area (Å²) < 4.78 is 60.2. The summed E-state index contributed by atoms with van der Waals surface area (Å²) in [4.78, 5) is 27.3. The Hall–Kier alpha value is -3.98. The molecule has 0 bridgehead atoms. The maximum atomic E-state index is 15.1. The number of halogens is 3. The monoisotopic (exact) mass is 678 g/mol. The first-order valence-electron chi connectivity index (χ1n) is 13.3. The molecule has 1 amide bonds. The normalized spacial score (nSPS) is 11.8. The van der Waals surface area contributed by atoms with Crippen LogP contribution in [0.5, 0.6) is 5.75 Å². The molecule has 4 aromatic rings. The van der Waals surface area contributed by atoms with Gasteiger partial charge in [0, 0.05) is 29.3 Å². The van der Waals surface area contributed by atoms with Gasteiger partial charge in [0.25, 0.3) is 5.91 Å². The van der Waals surface area contributed by atoms with E-state index in [0.717, 1.165) is 6.07 Å². The highest BCUT2D eigenvalue weighted by Gasteiger charge is 2.31. The zero-order chi connectivity index (χ0) is 33.1. The van der Waals surface area contributed by atoms with Crippen molar-refractivity contribution in [1.82, 2.24) is 14.9 Å². The van der Waals surface area contributed by atoms with Crippen molar-refractivity contribution in [3.05, 3.63) is 99.8 Å². The number of carboxylic acid groups (broad SMARTS) is 1. The van der Waals surface area contributed by atoms with Crippen LogP contribution in [0.4, 0.5) is 8.78 Å². The number of thioether (sulfide) groups is 1. The standard InChI is InChI=1S/C30H29ClF2N4O6S2/c1-30(2,19-6-9-25(21(31)13-19)45(34,41)42)26-15-36-29(37(26)20-7-8-22(32)24(14-20)43-3)44-16-18-5-4-17(12-23(18)33)28(40)35-11-10-27(38)39/h4-9,12-15H,10-11,16H2,1-3H3,(H,35,40)(H,38,39)(H2,34,41,42). The number of nitrogens with one attached hydrogen (secondary N) is 1. The van der Waals surface area contributed by atoms with Gasteiger partial charge in [0.2, 0.25) is 10.0 Å². The molecule has 0 aliphatic rings. The summed E-state index contributed by atoms with van der Waals surface area (Å²) in [6, 6.07) is 12.7. The van der Waals surface area contributed by atoms with Crippen molar-refractivity contribution >= 4 is 45.3 Å². The van der Waals surface area contributed by atoms with Crippen LogP contribution < -0.4 is 15.2 Å². The number of carboxylic acids is 1. The predicted octanol–water partition coefficient (Wildman–Crippen LogP) is 5.28. The highest BCUT2D eigenvalue weighted by Crippen LogP contribution is 2.39. The number of sulfonamides is 1. The van der Waals surface area contributed by atoms with Crippen molar-refractivity contribution in [2.24, 2.45) is 5.14 Å². The van der Waals surface area contributed by atoms with Gasteiger partial charge in [0.15, 0.2) is 16.7 Å². The van der Waals surface area contributed by atoms with E-state index in [2.05, 4.69) is 10.3 Å². The number of primary sulfonamides is 1. The van der Waals surface area contributed by atoms with E-state index in [0.29, 0.717) is 22.1 Å². The van der Waals surface area contributed by atoms with Crippen LogP contribution >= 0.6 is 23.4 Å². The van der Waals surface area contributed by atoms with E-state index < -0.39 is 38.9 Å². The molecular formula is C30H29ClF2N4O6S2. The third-order valence-corrected chi connectivity index (χ3v) is 9.41. The second-order valence-electron chi connectivity index (χ2n) is 10.4. The lowest BCUT2D eigenvalue weighted by Gasteiger charge is -2.28. The van der Waals surface area contributed by atoms with Crippen LogP contribution in [0.15, 0.2) is 70.8 Å². The minimum absolute atomic E-state index is 0.00952. The number of amides is 1. The fourth-order valence-corrected chi connectivity index (χ4v) is 6.59. The van der Waals surface area contributed by atoms with Gasteiger partial charge in [-0.15, -0.1) is 0 Å². The molecule has 0 spiro atoms. The number of carbonyl (C=O) groups excluding carboxylic acids is 1. The number of ether oxygens (including phenoxy) is 1. The topological polar surface area (TPSA) is 154 Å². The Morgan fingerprint density at radius 3 is 2.47 bits per heavy atom. The first-order chi connectivity index (χ1) is 21.1. The van der Waals surface area contributed by atoms with E-state index in [-0.39, 0.29) is 45.5 Å². The van der Waals surface area contributed by atoms with Crippen molar-refractivity contribution < 1.29 is 36.6 Å². The van der Waals surface area contributed by atoms with Crippen LogP contribution in [-0.4, -0.2) is 48.6 Å². The Labute approximate surface area is 267 Å². The first-order valence-corrected chi connectivity index (χ1v) is 16.2. The Morgan fingerprint density at radius 2 is 1.84 bits per heavy atom. The van der Waals surface area contributed by atoms with Crippen molar-refractivity contribution in [2.45, 2.75) is 41.5 Å². The van der Waals surface area contributed by atoms with Crippen LogP contribution in [0.3, 0.4) is 0 Å². The molecule has 45 heavy (non-hydrogen) atoms. The quantitative estimate of drug-likeness (QED) is 0.171. The number of nitrogens with zero attached hydrogens (tertiary/aromatic N) is 2. The van der Waals surface area contributed by atoms with Gasteiger partial charge in [0.1, 0.15) is 10.7 Å². The Morgan fingerprint density at radius 1 is 1.11 bits per heavy atom. The molecule has 0 saturated carbocycles. The number of hydrogen-bond donors (Lipinski definition) is 3. The minimum Gasteiger partial charge on any atom is -0.494 e. The van der Waals surface area contributed by atoms with Crippen molar-refractivity contribution in [2.75, 3.05) is 13.7 Å².